The first-order chi connectivity index (χ1) is 7.25. The summed E-state index contributed by atoms with van der Waals surface area (Å²) in [5, 5.41) is 3.65. The van der Waals surface area contributed by atoms with Crippen molar-refractivity contribution in [3.63, 3.8) is 0 Å². The van der Waals surface area contributed by atoms with Gasteiger partial charge in [-0.2, -0.15) is 4.79 Å². The zero-order valence-corrected chi connectivity index (χ0v) is 9.07. The molecule has 15 heavy (non-hydrogen) atoms. The predicted molar refractivity (Wildman–Crippen MR) is 53.6 cm³/mol. The van der Waals surface area contributed by atoms with Gasteiger partial charge in [0.25, 0.3) is 6.08 Å². The van der Waals surface area contributed by atoms with Gasteiger partial charge >= 0.3 is 6.09 Å². The molecule has 0 aromatic heterocycles. The minimum atomic E-state index is -0.428. The highest BCUT2D eigenvalue weighted by Gasteiger charge is 2.40. The fourth-order valence-corrected chi connectivity index (χ4v) is 1.86. The van der Waals surface area contributed by atoms with Crippen LogP contribution >= 0.6 is 0 Å². The lowest BCUT2D eigenvalue weighted by atomic mass is 10.2. The Morgan fingerprint density at radius 2 is 1.93 bits per heavy atom. The molecule has 0 aromatic carbocycles. The van der Waals surface area contributed by atoms with E-state index in [1.54, 1.807) is 6.92 Å². The zero-order chi connectivity index (χ0) is 11.1. The predicted octanol–water partition coefficient (Wildman–Crippen LogP) is 1.78. The molecular formula is C10H17N2O3+. The van der Waals surface area contributed by atoms with E-state index in [-0.39, 0.29) is 4.59 Å². The van der Waals surface area contributed by atoms with Gasteiger partial charge in [0.1, 0.15) is 13.1 Å². The number of ether oxygens (including phenoxy) is 1. The summed E-state index contributed by atoms with van der Waals surface area (Å²) in [7, 11) is 0. The second-order valence-corrected chi connectivity index (χ2v) is 3.67. The van der Waals surface area contributed by atoms with E-state index in [0.717, 1.165) is 25.7 Å². The summed E-state index contributed by atoms with van der Waals surface area (Å²) in [6.07, 6.45) is 5.00. The standard InChI is InChI=1S/C10H17N2O3/c1-2-15-10(14)12(11-9-13)7-5-3-4-6-8-12/h2-8H2,1H3/q+1. The highest BCUT2D eigenvalue weighted by atomic mass is 16.6. The Labute approximate surface area is 89.3 Å². The van der Waals surface area contributed by atoms with E-state index < -0.39 is 6.09 Å². The molecule has 1 fully saturated rings. The maximum atomic E-state index is 11.7. The van der Waals surface area contributed by atoms with Gasteiger partial charge in [0.15, 0.2) is 0 Å². The molecular weight excluding hydrogens is 196 g/mol. The Kier molecular flexibility index (Phi) is 4.46. The molecule has 1 aliphatic rings. The van der Waals surface area contributed by atoms with Crippen LogP contribution in [0.4, 0.5) is 4.79 Å². The largest absolute Gasteiger partial charge is 0.543 e. The molecule has 5 heteroatoms. The summed E-state index contributed by atoms with van der Waals surface area (Å²) in [4.78, 5) is 22.1. The molecule has 1 saturated heterocycles. The van der Waals surface area contributed by atoms with Gasteiger partial charge in [-0.05, 0) is 32.6 Å². The number of carbonyl (C=O) groups excluding carboxylic acids is 2. The van der Waals surface area contributed by atoms with E-state index in [2.05, 4.69) is 5.10 Å². The number of hydrogen-bond acceptors (Lipinski definition) is 4. The molecule has 1 aliphatic heterocycles. The summed E-state index contributed by atoms with van der Waals surface area (Å²) >= 11 is 0. The quantitative estimate of drug-likeness (QED) is 0.399. The normalized spacial score (nSPS) is 19.8. The molecule has 1 rings (SSSR count). The first-order valence-corrected chi connectivity index (χ1v) is 5.39. The molecule has 0 bridgehead atoms. The monoisotopic (exact) mass is 213 g/mol. The number of amides is 1. The van der Waals surface area contributed by atoms with Crippen LogP contribution < -0.4 is 0 Å². The van der Waals surface area contributed by atoms with Crippen LogP contribution in [0, 0.1) is 0 Å². The number of hydrogen-bond donors (Lipinski definition) is 0. The van der Waals surface area contributed by atoms with Crippen LogP contribution in [-0.4, -0.2) is 36.5 Å². The number of rotatable bonds is 2. The van der Waals surface area contributed by atoms with E-state index >= 15 is 0 Å². The van der Waals surface area contributed by atoms with Gasteiger partial charge < -0.3 is 4.74 Å². The summed E-state index contributed by atoms with van der Waals surface area (Å²) in [5.41, 5.74) is 0. The smallest absolute Gasteiger partial charge is 0.419 e. The Balaban J connectivity index is 2.84. The molecule has 0 aliphatic carbocycles. The van der Waals surface area contributed by atoms with E-state index in [9.17, 15) is 9.59 Å². The topological polar surface area (TPSA) is 55.7 Å². The van der Waals surface area contributed by atoms with E-state index in [4.69, 9.17) is 4.74 Å². The third kappa shape index (κ3) is 2.88. The number of carbonyl (C=O) groups is 1. The molecule has 84 valence electrons. The highest BCUT2D eigenvalue weighted by molar-refractivity contribution is 5.60. The lowest BCUT2D eigenvalue weighted by molar-refractivity contribution is -0.863. The van der Waals surface area contributed by atoms with Crippen molar-refractivity contribution in [1.82, 2.24) is 0 Å². The maximum absolute atomic E-state index is 11.7. The van der Waals surface area contributed by atoms with Crippen LogP contribution in [-0.2, 0) is 9.53 Å². The van der Waals surface area contributed by atoms with E-state index in [1.807, 2.05) is 0 Å². The Hall–Kier alpha value is -1.19. The molecule has 5 nitrogen and oxygen atoms in total. The third-order valence-corrected chi connectivity index (χ3v) is 2.65. The molecule has 1 heterocycles. The molecule has 0 saturated carbocycles. The molecule has 0 N–H and O–H groups in total. The van der Waals surface area contributed by atoms with Crippen LogP contribution in [0.25, 0.3) is 0 Å². The van der Waals surface area contributed by atoms with Gasteiger partial charge in [0.05, 0.1) is 6.61 Å². The molecule has 0 atom stereocenters. The third-order valence-electron chi connectivity index (χ3n) is 2.65. The van der Waals surface area contributed by atoms with Crippen molar-refractivity contribution < 1.29 is 18.9 Å². The van der Waals surface area contributed by atoms with Crippen LogP contribution in [0.3, 0.4) is 0 Å². The minimum Gasteiger partial charge on any atom is -0.419 e. The summed E-state index contributed by atoms with van der Waals surface area (Å²) in [5.74, 6) is 0. The Morgan fingerprint density at radius 3 is 2.40 bits per heavy atom. The second kappa shape index (κ2) is 5.63. The Bertz CT molecular complexity index is 264. The minimum absolute atomic E-state index is 0.225. The molecule has 0 unspecified atom stereocenters. The molecule has 0 spiro atoms. The van der Waals surface area contributed by atoms with Crippen LogP contribution in [0.1, 0.15) is 32.6 Å². The van der Waals surface area contributed by atoms with Crippen molar-refractivity contribution in [2.45, 2.75) is 32.6 Å². The van der Waals surface area contributed by atoms with Gasteiger partial charge in [-0.25, -0.2) is 4.79 Å². The van der Waals surface area contributed by atoms with Gasteiger partial charge in [-0.3, -0.25) is 0 Å². The van der Waals surface area contributed by atoms with Gasteiger partial charge in [-0.15, -0.1) is 0 Å². The lowest BCUT2D eigenvalue weighted by Gasteiger charge is -2.24. The number of nitrogens with zero attached hydrogens (tertiary/aromatic N) is 2. The van der Waals surface area contributed by atoms with E-state index in [0.29, 0.717) is 19.7 Å². The van der Waals surface area contributed by atoms with Crippen LogP contribution in [0.5, 0.6) is 0 Å². The van der Waals surface area contributed by atoms with Crippen molar-refractivity contribution in [3.8, 4) is 0 Å². The zero-order valence-electron chi connectivity index (χ0n) is 9.07. The number of isocyanates is 1. The summed E-state index contributed by atoms with van der Waals surface area (Å²) in [6, 6.07) is 0. The lowest BCUT2D eigenvalue weighted by Crippen LogP contribution is -2.49. The van der Waals surface area contributed by atoms with Crippen LogP contribution in [0.15, 0.2) is 5.10 Å². The second-order valence-electron chi connectivity index (χ2n) is 3.67. The first-order valence-electron chi connectivity index (χ1n) is 5.39. The van der Waals surface area contributed by atoms with Crippen molar-refractivity contribution in [2.75, 3.05) is 19.7 Å². The van der Waals surface area contributed by atoms with E-state index in [1.165, 1.54) is 6.08 Å². The Morgan fingerprint density at radius 1 is 1.33 bits per heavy atom. The molecule has 0 radical (unpaired) electrons. The van der Waals surface area contributed by atoms with Crippen molar-refractivity contribution in [2.24, 2.45) is 5.10 Å². The fourth-order valence-electron chi connectivity index (χ4n) is 1.86. The SMILES string of the molecule is CCOC(=O)[N+]1(N=C=O)CCCCCC1. The van der Waals surface area contributed by atoms with Crippen molar-refractivity contribution in [1.29, 1.82) is 0 Å². The van der Waals surface area contributed by atoms with Gasteiger partial charge in [0, 0.05) is 5.10 Å². The summed E-state index contributed by atoms with van der Waals surface area (Å²) < 4.78 is 4.73. The summed E-state index contributed by atoms with van der Waals surface area (Å²) in [6.45, 7) is 3.16. The average molecular weight is 213 g/mol. The van der Waals surface area contributed by atoms with Crippen LogP contribution in [0.2, 0.25) is 0 Å². The van der Waals surface area contributed by atoms with Gasteiger partial charge in [0.2, 0.25) is 0 Å². The first kappa shape index (κ1) is 11.9. The number of likely N-dealkylation sites (tertiary alicyclic amines) is 1. The van der Waals surface area contributed by atoms with Crippen molar-refractivity contribution in [3.05, 3.63) is 0 Å². The highest BCUT2D eigenvalue weighted by Crippen LogP contribution is 2.20. The number of quaternary nitrogens is 1. The fraction of sp³-hybridized carbons (Fsp3) is 0.800. The van der Waals surface area contributed by atoms with Crippen molar-refractivity contribution >= 4 is 12.2 Å². The molecule has 1 amide bonds. The molecule has 0 aromatic rings. The van der Waals surface area contributed by atoms with Gasteiger partial charge in [-0.1, -0.05) is 4.59 Å². The maximum Gasteiger partial charge on any atom is 0.543 e. The average Bonchev–Trinajstić information content (AvgIpc) is 2.45.